The van der Waals surface area contributed by atoms with Crippen molar-refractivity contribution in [1.82, 2.24) is 0 Å². The van der Waals surface area contributed by atoms with E-state index < -0.39 is 12.1 Å². The highest BCUT2D eigenvalue weighted by Crippen LogP contribution is 2.17. The average molecular weight is 450 g/mol. The Morgan fingerprint density at radius 1 is 0.926 bits per heavy atom. The van der Waals surface area contributed by atoms with Crippen molar-refractivity contribution < 1.29 is 23.9 Å². The number of hydrogen-bond donors (Lipinski definition) is 0. The minimum atomic E-state index is -1.19. The number of aliphatic carboxylic acids is 1. The molecule has 0 aliphatic rings. The lowest BCUT2D eigenvalue weighted by atomic mass is 10.1. The third-order valence-corrected chi connectivity index (χ3v) is 5.33. The third kappa shape index (κ3) is 17.2. The second-order valence-electron chi connectivity index (χ2n) is 8.55. The molecule has 2 atom stereocenters. The van der Waals surface area contributed by atoms with Crippen molar-refractivity contribution in [3.05, 3.63) is 0 Å². The van der Waals surface area contributed by atoms with Crippen LogP contribution in [0.4, 0.5) is 0 Å². The number of carbonyl (C=O) groups excluding carboxylic acids is 2. The highest BCUT2D eigenvalue weighted by Gasteiger charge is 2.25. The van der Waals surface area contributed by atoms with E-state index in [-0.39, 0.29) is 17.2 Å². The van der Waals surface area contributed by atoms with Crippen molar-refractivity contribution in [1.29, 1.82) is 0 Å². The smallest absolute Gasteiger partial charge is 0.320 e. The lowest BCUT2D eigenvalue weighted by molar-refractivity contribution is -0.873. The number of esters is 1. The van der Waals surface area contributed by atoms with Gasteiger partial charge in [0.25, 0.3) is 0 Å². The number of ether oxygens (including phenoxy) is 1. The van der Waals surface area contributed by atoms with Crippen LogP contribution in [0.25, 0.3) is 0 Å². The van der Waals surface area contributed by atoms with E-state index in [0.717, 1.165) is 19.3 Å². The van der Waals surface area contributed by atoms with Crippen LogP contribution < -0.4 is 5.11 Å². The van der Waals surface area contributed by atoms with Gasteiger partial charge in [0.15, 0.2) is 6.10 Å². The number of halogens is 1. The molecule has 0 aromatic heterocycles. The van der Waals surface area contributed by atoms with Crippen molar-refractivity contribution in [3.63, 3.8) is 0 Å². The van der Waals surface area contributed by atoms with E-state index in [1.807, 2.05) is 21.1 Å². The molecule has 5 nitrogen and oxygen atoms in total. The molecule has 0 N–H and O–H groups in total. The van der Waals surface area contributed by atoms with Crippen molar-refractivity contribution in [3.8, 4) is 0 Å². The first-order chi connectivity index (χ1) is 12.7. The summed E-state index contributed by atoms with van der Waals surface area (Å²) in [6.45, 7) is 2.68. The molecule has 0 fully saturated rings. The van der Waals surface area contributed by atoms with Crippen molar-refractivity contribution in [2.45, 2.75) is 94.9 Å². The van der Waals surface area contributed by atoms with Gasteiger partial charge in [0.05, 0.1) is 21.1 Å². The summed E-state index contributed by atoms with van der Waals surface area (Å²) in [4.78, 5) is 22.7. The molecule has 0 spiro atoms. The van der Waals surface area contributed by atoms with E-state index in [1.165, 1.54) is 51.4 Å². The number of nitrogens with zero attached hydrogens (tertiary/aromatic N) is 1. The van der Waals surface area contributed by atoms with Crippen molar-refractivity contribution in [2.24, 2.45) is 0 Å². The molecule has 0 saturated heterocycles. The molecule has 0 rings (SSSR count). The number of carboxylic acids is 1. The Morgan fingerprint density at radius 2 is 1.41 bits per heavy atom. The first-order valence-electron chi connectivity index (χ1n) is 10.5. The van der Waals surface area contributed by atoms with Crippen LogP contribution in [0.3, 0.4) is 0 Å². The zero-order valence-electron chi connectivity index (χ0n) is 17.8. The summed E-state index contributed by atoms with van der Waals surface area (Å²) in [5.74, 6) is -1.56. The van der Waals surface area contributed by atoms with Gasteiger partial charge in [-0.25, -0.2) is 0 Å². The number of quaternary nitrogens is 1. The Hall–Kier alpha value is -0.620. The Kier molecular flexibility index (Phi) is 15.0. The van der Waals surface area contributed by atoms with E-state index in [2.05, 4.69) is 22.9 Å². The van der Waals surface area contributed by atoms with Gasteiger partial charge in [0.1, 0.15) is 11.4 Å². The fourth-order valence-corrected chi connectivity index (χ4v) is 3.54. The molecule has 0 bridgehead atoms. The Labute approximate surface area is 174 Å². The number of carbonyl (C=O) groups is 2. The first-order valence-corrected chi connectivity index (χ1v) is 11.4. The lowest BCUT2D eigenvalue weighted by Gasteiger charge is -2.29. The summed E-state index contributed by atoms with van der Waals surface area (Å²) >= 11 is 3.39. The molecule has 160 valence electrons. The molecule has 0 radical (unpaired) electrons. The minimum absolute atomic E-state index is 0.265. The van der Waals surface area contributed by atoms with Gasteiger partial charge >= 0.3 is 5.97 Å². The van der Waals surface area contributed by atoms with E-state index in [1.54, 1.807) is 0 Å². The van der Waals surface area contributed by atoms with E-state index in [4.69, 9.17) is 4.74 Å². The number of unbranched alkanes of at least 4 members (excludes halogenated alkanes) is 9. The number of alkyl halides is 1. The highest BCUT2D eigenvalue weighted by atomic mass is 79.9. The average Bonchev–Trinajstić information content (AvgIpc) is 2.54. The van der Waals surface area contributed by atoms with Crippen LogP contribution in [0, 0.1) is 0 Å². The summed E-state index contributed by atoms with van der Waals surface area (Å²) in [5, 5.41) is 10.9. The van der Waals surface area contributed by atoms with E-state index in [0.29, 0.717) is 11.0 Å². The zero-order chi connectivity index (χ0) is 20.7. The maximum Gasteiger partial charge on any atom is 0.320 e. The molecular formula is C21H40BrNO4. The SMILES string of the molecule is CCCCCCCCCCCCC(Br)C(=O)OC(CC(=O)[O-])C[N+](C)(C)C. The third-order valence-electron chi connectivity index (χ3n) is 4.50. The molecule has 0 aromatic carbocycles. The van der Waals surface area contributed by atoms with Gasteiger partial charge in [-0.1, -0.05) is 87.1 Å². The van der Waals surface area contributed by atoms with Gasteiger partial charge in [-0.2, -0.15) is 0 Å². The first kappa shape index (κ1) is 26.4. The number of likely N-dealkylation sites (N-methyl/N-ethyl adjacent to an activating group) is 1. The summed E-state index contributed by atoms with van der Waals surface area (Å²) < 4.78 is 5.94. The predicted octanol–water partition coefficient (Wildman–Crippen LogP) is 3.82. The zero-order valence-corrected chi connectivity index (χ0v) is 19.4. The second-order valence-corrected chi connectivity index (χ2v) is 9.65. The van der Waals surface area contributed by atoms with Gasteiger partial charge < -0.3 is 19.1 Å². The minimum Gasteiger partial charge on any atom is -0.550 e. The largest absolute Gasteiger partial charge is 0.550 e. The van der Waals surface area contributed by atoms with Gasteiger partial charge in [-0.05, 0) is 6.42 Å². The molecule has 0 saturated carbocycles. The topological polar surface area (TPSA) is 66.4 Å². The number of carboxylic acid groups (broad SMARTS) is 1. The van der Waals surface area contributed by atoms with Crippen molar-refractivity contribution >= 4 is 27.9 Å². The number of hydrogen-bond acceptors (Lipinski definition) is 4. The quantitative estimate of drug-likeness (QED) is 0.146. The van der Waals surface area contributed by atoms with Crippen LogP contribution in [-0.2, 0) is 14.3 Å². The van der Waals surface area contributed by atoms with E-state index >= 15 is 0 Å². The van der Waals surface area contributed by atoms with Gasteiger partial charge in [-0.3, -0.25) is 4.79 Å². The van der Waals surface area contributed by atoms with Crippen LogP contribution in [0.2, 0.25) is 0 Å². The van der Waals surface area contributed by atoms with Crippen LogP contribution in [0.5, 0.6) is 0 Å². The highest BCUT2D eigenvalue weighted by molar-refractivity contribution is 9.10. The predicted molar refractivity (Wildman–Crippen MR) is 112 cm³/mol. The normalized spacial score (nSPS) is 14.0. The Morgan fingerprint density at radius 3 is 1.85 bits per heavy atom. The number of rotatable bonds is 17. The molecule has 27 heavy (non-hydrogen) atoms. The van der Waals surface area contributed by atoms with Gasteiger partial charge in [0.2, 0.25) is 0 Å². The molecular weight excluding hydrogens is 410 g/mol. The molecule has 2 unspecified atom stereocenters. The molecule has 0 aliphatic heterocycles. The van der Waals surface area contributed by atoms with Crippen LogP contribution >= 0.6 is 15.9 Å². The Balaban J connectivity index is 3.93. The lowest BCUT2D eigenvalue weighted by Crippen LogP contribution is -2.45. The summed E-state index contributed by atoms with van der Waals surface area (Å²) in [6.07, 6.45) is 12.3. The monoisotopic (exact) mass is 449 g/mol. The second kappa shape index (κ2) is 15.3. The van der Waals surface area contributed by atoms with E-state index in [9.17, 15) is 14.7 Å². The Bertz CT molecular complexity index is 409. The van der Waals surface area contributed by atoms with Crippen LogP contribution in [0.15, 0.2) is 0 Å². The van der Waals surface area contributed by atoms with Crippen molar-refractivity contribution in [2.75, 3.05) is 27.7 Å². The van der Waals surface area contributed by atoms with Gasteiger partial charge in [0, 0.05) is 12.4 Å². The molecule has 0 aromatic rings. The van der Waals surface area contributed by atoms with Crippen LogP contribution in [-0.4, -0.2) is 55.0 Å². The molecule has 0 heterocycles. The molecule has 0 aliphatic carbocycles. The maximum absolute atomic E-state index is 12.2. The van der Waals surface area contributed by atoms with Crippen LogP contribution in [0.1, 0.15) is 84.0 Å². The standard InChI is InChI=1S/C21H40BrNO4/c1-5-6-7-8-9-10-11-12-13-14-15-19(22)21(26)27-18(16-20(24)25)17-23(2,3)4/h18-19H,5-17H2,1-4H3. The van der Waals surface area contributed by atoms with Gasteiger partial charge in [-0.15, -0.1) is 0 Å². The fourth-order valence-electron chi connectivity index (χ4n) is 3.11. The fraction of sp³-hybridized carbons (Fsp3) is 0.905. The maximum atomic E-state index is 12.2. The summed E-state index contributed by atoms with van der Waals surface area (Å²) in [5.41, 5.74) is 0. The summed E-state index contributed by atoms with van der Waals surface area (Å²) in [7, 11) is 5.81. The molecule has 6 heteroatoms. The summed E-state index contributed by atoms with van der Waals surface area (Å²) in [6, 6.07) is 0. The molecule has 0 amide bonds.